The smallest absolute Gasteiger partial charge is 0.475 e. The highest BCUT2D eigenvalue weighted by atomic mass is 16.4. The Morgan fingerprint density at radius 2 is 1.49 bits per heavy atom. The van der Waals surface area contributed by atoms with E-state index in [0.717, 1.165) is 22.8 Å². The minimum Gasteiger partial charge on any atom is -0.478 e. The molecule has 0 radical (unpaired) electrons. The maximum absolute atomic E-state index is 12.7. The fraction of sp³-hybridized carbons (Fsp3) is 0.188. The van der Waals surface area contributed by atoms with E-state index in [1.54, 1.807) is 41.3 Å². The van der Waals surface area contributed by atoms with E-state index in [-0.39, 0.29) is 18.4 Å². The first-order chi connectivity index (χ1) is 21.8. The van der Waals surface area contributed by atoms with Crippen molar-refractivity contribution in [3.63, 3.8) is 0 Å². The summed E-state index contributed by atoms with van der Waals surface area (Å²) in [5.41, 5.74) is 4.76. The summed E-state index contributed by atoms with van der Waals surface area (Å²) in [5, 5.41) is 40.2. The summed E-state index contributed by atoms with van der Waals surface area (Å²) in [6, 6.07) is 25.0. The van der Waals surface area contributed by atoms with E-state index in [0.29, 0.717) is 30.8 Å². The van der Waals surface area contributed by atoms with Gasteiger partial charge in [-0.15, -0.1) is 5.10 Å². The average molecular weight is 605 g/mol. The Kier molecular flexibility index (Phi) is 10.4. The molecule has 1 atom stereocenters. The number of benzene rings is 2. The van der Waals surface area contributed by atoms with Crippen molar-refractivity contribution in [2.45, 2.75) is 38.4 Å². The number of rotatable bonds is 14. The van der Waals surface area contributed by atoms with E-state index >= 15 is 0 Å². The molecule has 0 aliphatic heterocycles. The Balaban J connectivity index is 1.20. The van der Waals surface area contributed by atoms with E-state index in [4.69, 9.17) is 0 Å². The lowest BCUT2D eigenvalue weighted by Crippen LogP contribution is -2.48. The van der Waals surface area contributed by atoms with Crippen LogP contribution in [0.1, 0.15) is 38.6 Å². The summed E-state index contributed by atoms with van der Waals surface area (Å²) in [6.45, 7) is 1.76. The molecule has 5 rings (SSSR count). The lowest BCUT2D eigenvalue weighted by Gasteiger charge is -2.20. The quantitative estimate of drug-likeness (QED) is 0.138. The zero-order valence-electron chi connectivity index (χ0n) is 24.3. The van der Waals surface area contributed by atoms with Crippen molar-refractivity contribution >= 4 is 19.0 Å². The third kappa shape index (κ3) is 9.13. The molecule has 2 aromatic carbocycles. The summed E-state index contributed by atoms with van der Waals surface area (Å²) in [6.07, 6.45) is 5.47. The molecule has 0 fully saturated rings. The lowest BCUT2D eigenvalue weighted by molar-refractivity contribution is -0.120. The van der Waals surface area contributed by atoms with Gasteiger partial charge in [0.25, 0.3) is 0 Å². The van der Waals surface area contributed by atoms with Gasteiger partial charge < -0.3 is 20.5 Å². The van der Waals surface area contributed by atoms with Crippen LogP contribution >= 0.6 is 0 Å². The number of carbonyl (C=O) groups excluding carboxylic acids is 1. The molecule has 0 spiro atoms. The summed E-state index contributed by atoms with van der Waals surface area (Å²) >= 11 is 0. The standard InChI is InChI=1S/C32H32BN7O5/c41-31(36-30(33(44)45)17-24-6-5-7-25(16-24)32(42)43)18-23-10-12-29(13-11-23)40-22-28(37-38-40)21-39(19-26-8-1-3-14-34-26)20-27-9-2-4-15-35-27/h1-16,22,30,44-45H,17-21H2,(H,36,41)(H,42,43). The van der Waals surface area contributed by atoms with Crippen molar-refractivity contribution in [3.05, 3.63) is 137 Å². The molecule has 0 saturated heterocycles. The van der Waals surface area contributed by atoms with Crippen molar-refractivity contribution in [3.8, 4) is 5.69 Å². The molecule has 0 aliphatic rings. The normalized spacial score (nSPS) is 11.7. The van der Waals surface area contributed by atoms with Crippen LogP contribution in [0.4, 0.5) is 0 Å². The van der Waals surface area contributed by atoms with Crippen LogP contribution in [-0.4, -0.2) is 70.0 Å². The molecule has 228 valence electrons. The Bertz CT molecular complexity index is 1660. The van der Waals surface area contributed by atoms with Crippen LogP contribution in [0.15, 0.2) is 104 Å². The van der Waals surface area contributed by atoms with Crippen LogP contribution in [0, 0.1) is 0 Å². The lowest BCUT2D eigenvalue weighted by atomic mass is 9.75. The van der Waals surface area contributed by atoms with Crippen molar-refractivity contribution < 1.29 is 24.7 Å². The van der Waals surface area contributed by atoms with E-state index in [2.05, 4.69) is 30.5 Å². The fourth-order valence-electron chi connectivity index (χ4n) is 4.86. The number of aromatic nitrogens is 5. The fourth-order valence-corrected chi connectivity index (χ4v) is 4.86. The van der Waals surface area contributed by atoms with Gasteiger partial charge in [-0.1, -0.05) is 41.6 Å². The summed E-state index contributed by atoms with van der Waals surface area (Å²) in [4.78, 5) is 35.1. The van der Waals surface area contributed by atoms with Crippen molar-refractivity contribution in [1.82, 2.24) is 35.2 Å². The maximum atomic E-state index is 12.7. The van der Waals surface area contributed by atoms with Crippen molar-refractivity contribution in [1.29, 1.82) is 0 Å². The highest BCUT2D eigenvalue weighted by Gasteiger charge is 2.26. The SMILES string of the molecule is O=C(Cc1ccc(-n2cc(CN(Cc3ccccn3)Cc3ccccn3)nn2)cc1)NC(Cc1cccc(C(=O)O)c1)B(O)O. The summed E-state index contributed by atoms with van der Waals surface area (Å²) < 4.78 is 1.67. The zero-order valence-corrected chi connectivity index (χ0v) is 24.3. The van der Waals surface area contributed by atoms with Gasteiger partial charge in [0.15, 0.2) is 0 Å². The second-order valence-electron chi connectivity index (χ2n) is 10.6. The Hall–Kier alpha value is -5.24. The molecule has 45 heavy (non-hydrogen) atoms. The monoisotopic (exact) mass is 605 g/mol. The molecule has 0 aliphatic carbocycles. The molecular weight excluding hydrogens is 573 g/mol. The van der Waals surface area contributed by atoms with Crippen LogP contribution in [0.2, 0.25) is 0 Å². The molecule has 5 aromatic rings. The molecule has 3 aromatic heterocycles. The third-order valence-corrected chi connectivity index (χ3v) is 7.05. The average Bonchev–Trinajstić information content (AvgIpc) is 3.50. The Morgan fingerprint density at radius 1 is 0.822 bits per heavy atom. The van der Waals surface area contributed by atoms with Crippen LogP contribution in [-0.2, 0) is 37.3 Å². The number of hydrogen-bond acceptors (Lipinski definition) is 9. The maximum Gasteiger partial charge on any atom is 0.475 e. The number of carboxylic acid groups (broad SMARTS) is 1. The van der Waals surface area contributed by atoms with Gasteiger partial charge in [-0.3, -0.25) is 19.7 Å². The van der Waals surface area contributed by atoms with E-state index in [9.17, 15) is 24.7 Å². The minimum atomic E-state index is -1.82. The molecule has 0 bridgehead atoms. The van der Waals surface area contributed by atoms with Crippen LogP contribution in [0.3, 0.4) is 0 Å². The molecule has 0 saturated carbocycles. The largest absolute Gasteiger partial charge is 0.478 e. The zero-order chi connectivity index (χ0) is 31.6. The van der Waals surface area contributed by atoms with Crippen molar-refractivity contribution in [2.75, 3.05) is 0 Å². The highest BCUT2D eigenvalue weighted by molar-refractivity contribution is 6.43. The number of nitrogens with one attached hydrogen (secondary N) is 1. The number of carboxylic acids is 1. The number of nitrogens with zero attached hydrogens (tertiary/aromatic N) is 6. The van der Waals surface area contributed by atoms with E-state index in [1.807, 2.05) is 54.7 Å². The first-order valence-corrected chi connectivity index (χ1v) is 14.3. The second-order valence-corrected chi connectivity index (χ2v) is 10.6. The minimum absolute atomic E-state index is 0.0112. The number of carbonyl (C=O) groups is 2. The molecule has 13 heteroatoms. The van der Waals surface area contributed by atoms with Crippen LogP contribution < -0.4 is 5.32 Å². The van der Waals surface area contributed by atoms with Gasteiger partial charge in [0, 0.05) is 32.0 Å². The highest BCUT2D eigenvalue weighted by Crippen LogP contribution is 2.14. The molecule has 12 nitrogen and oxygen atoms in total. The van der Waals surface area contributed by atoms with Gasteiger partial charge in [-0.25, -0.2) is 9.48 Å². The van der Waals surface area contributed by atoms with Crippen molar-refractivity contribution in [2.24, 2.45) is 0 Å². The van der Waals surface area contributed by atoms with Gasteiger partial charge in [-0.05, 0) is 66.1 Å². The first kappa shape index (κ1) is 31.2. The third-order valence-electron chi connectivity index (χ3n) is 7.05. The number of amides is 1. The topological polar surface area (TPSA) is 167 Å². The first-order valence-electron chi connectivity index (χ1n) is 14.3. The predicted molar refractivity (Wildman–Crippen MR) is 166 cm³/mol. The number of pyridine rings is 2. The summed E-state index contributed by atoms with van der Waals surface area (Å²) in [7, 11) is -1.82. The number of hydrogen-bond donors (Lipinski definition) is 4. The van der Waals surface area contributed by atoms with E-state index < -0.39 is 24.9 Å². The molecule has 3 heterocycles. The Morgan fingerprint density at radius 3 is 2.09 bits per heavy atom. The van der Waals surface area contributed by atoms with Gasteiger partial charge in [0.2, 0.25) is 5.91 Å². The Labute approximate surface area is 260 Å². The summed E-state index contributed by atoms with van der Waals surface area (Å²) in [5.74, 6) is -2.50. The van der Waals surface area contributed by atoms with Crippen LogP contribution in [0.25, 0.3) is 5.69 Å². The van der Waals surface area contributed by atoms with Crippen LogP contribution in [0.5, 0.6) is 0 Å². The molecule has 4 N–H and O–H groups in total. The molecule has 1 unspecified atom stereocenters. The van der Waals surface area contributed by atoms with Gasteiger partial charge in [-0.2, -0.15) is 0 Å². The van der Waals surface area contributed by atoms with Gasteiger partial charge in [0.1, 0.15) is 0 Å². The molecular formula is C32H32BN7O5. The van der Waals surface area contributed by atoms with Gasteiger partial charge in [0.05, 0.1) is 46.9 Å². The second kappa shape index (κ2) is 15.0. The number of aromatic carboxylic acids is 1. The molecule has 1 amide bonds. The van der Waals surface area contributed by atoms with Gasteiger partial charge >= 0.3 is 13.1 Å². The van der Waals surface area contributed by atoms with E-state index in [1.165, 1.54) is 12.1 Å². The predicted octanol–water partition coefficient (Wildman–Crippen LogP) is 2.24.